The monoisotopic (exact) mass is 415 g/mol. The van der Waals surface area contributed by atoms with Gasteiger partial charge in [0.15, 0.2) is 0 Å². The molecule has 0 aliphatic rings. The Balaban J connectivity index is 1.56. The molecule has 5 aromatic rings. The average Bonchev–Trinajstić information content (AvgIpc) is 3.48. The van der Waals surface area contributed by atoms with Crippen LogP contribution in [0.1, 0.15) is 10.4 Å². The highest BCUT2D eigenvalue weighted by atomic mass is 35.5. The normalized spacial score (nSPS) is 11.0. The number of fused-ring (bicyclic) bond motifs is 1. The van der Waals surface area contributed by atoms with E-state index < -0.39 is 0 Å². The van der Waals surface area contributed by atoms with E-state index in [4.69, 9.17) is 30.4 Å². The van der Waals surface area contributed by atoms with Crippen LogP contribution in [0.4, 0.5) is 5.69 Å². The predicted molar refractivity (Wildman–Crippen MR) is 114 cm³/mol. The maximum absolute atomic E-state index is 12.7. The number of carbonyl (C=O) groups excluding carboxylic acids is 1. The van der Waals surface area contributed by atoms with E-state index >= 15 is 0 Å². The van der Waals surface area contributed by atoms with E-state index in [9.17, 15) is 4.79 Å². The number of halogens is 1. The summed E-state index contributed by atoms with van der Waals surface area (Å²) in [5.41, 5.74) is 5.32. The lowest BCUT2D eigenvalue weighted by Gasteiger charge is -2.09. The molecule has 0 bridgehead atoms. The topological polar surface area (TPSA) is 81.2 Å². The zero-order chi connectivity index (χ0) is 20.5. The Morgan fingerprint density at radius 3 is 2.03 bits per heavy atom. The van der Waals surface area contributed by atoms with Crippen LogP contribution in [0.5, 0.6) is 0 Å². The van der Waals surface area contributed by atoms with Crippen LogP contribution in [0.15, 0.2) is 88.5 Å². The van der Waals surface area contributed by atoms with Gasteiger partial charge in [0, 0.05) is 27.4 Å². The first-order valence-electron chi connectivity index (χ1n) is 9.11. The molecule has 5 rings (SSSR count). The van der Waals surface area contributed by atoms with E-state index in [1.807, 2.05) is 12.1 Å². The summed E-state index contributed by atoms with van der Waals surface area (Å²) in [6.45, 7) is 0. The smallest absolute Gasteiger partial charge is 0.255 e. The first-order chi connectivity index (χ1) is 14.7. The Kier molecular flexibility index (Phi) is 4.53. The van der Waals surface area contributed by atoms with Crippen molar-refractivity contribution in [2.75, 3.05) is 5.32 Å². The van der Waals surface area contributed by atoms with E-state index in [-0.39, 0.29) is 5.91 Å². The second-order valence-electron chi connectivity index (χ2n) is 6.61. The van der Waals surface area contributed by atoms with Crippen molar-refractivity contribution in [2.24, 2.45) is 0 Å². The van der Waals surface area contributed by atoms with E-state index in [2.05, 4.69) is 5.32 Å². The molecule has 0 aliphatic carbocycles. The summed E-state index contributed by atoms with van der Waals surface area (Å²) in [6.07, 6.45) is 6.39. The molecule has 6 nitrogen and oxygen atoms in total. The Morgan fingerprint density at radius 1 is 0.800 bits per heavy atom. The molecule has 146 valence electrons. The van der Waals surface area contributed by atoms with Crippen LogP contribution in [0.3, 0.4) is 0 Å². The number of furan rings is 2. The van der Waals surface area contributed by atoms with Gasteiger partial charge >= 0.3 is 0 Å². The van der Waals surface area contributed by atoms with Crippen LogP contribution in [0.25, 0.3) is 33.5 Å². The maximum Gasteiger partial charge on any atom is 0.255 e. The summed E-state index contributed by atoms with van der Waals surface area (Å²) in [7, 11) is 0. The van der Waals surface area contributed by atoms with Crippen molar-refractivity contribution < 1.29 is 13.6 Å². The molecule has 0 fully saturated rings. The van der Waals surface area contributed by atoms with Gasteiger partial charge in [-0.05, 0) is 54.6 Å². The second-order valence-corrected chi connectivity index (χ2v) is 7.05. The predicted octanol–water partition coefficient (Wildman–Crippen LogP) is 6.06. The average molecular weight is 416 g/mol. The molecule has 2 aromatic carbocycles. The van der Waals surface area contributed by atoms with Gasteiger partial charge in [0.05, 0.1) is 36.1 Å². The Morgan fingerprint density at radius 2 is 1.43 bits per heavy atom. The molecule has 0 saturated heterocycles. The van der Waals surface area contributed by atoms with Crippen molar-refractivity contribution in [3.63, 3.8) is 0 Å². The lowest BCUT2D eigenvalue weighted by Crippen LogP contribution is -2.11. The minimum atomic E-state index is -0.246. The van der Waals surface area contributed by atoms with Crippen LogP contribution >= 0.6 is 11.6 Å². The number of amides is 1. The molecule has 30 heavy (non-hydrogen) atoms. The molecule has 0 saturated carbocycles. The van der Waals surface area contributed by atoms with Gasteiger partial charge in [-0.1, -0.05) is 11.6 Å². The molecule has 0 aliphatic heterocycles. The third-order valence-electron chi connectivity index (χ3n) is 4.62. The van der Waals surface area contributed by atoms with Gasteiger partial charge in [0.2, 0.25) is 0 Å². The molecule has 0 radical (unpaired) electrons. The fourth-order valence-electron chi connectivity index (χ4n) is 3.13. The Bertz CT molecular complexity index is 1330. The molecule has 3 aromatic heterocycles. The Labute approximate surface area is 176 Å². The fourth-order valence-corrected chi connectivity index (χ4v) is 3.26. The SMILES string of the molecule is O=C(Nc1ccc(Cl)cc1)c1ccc2nc(-c3ccoc3)c(-c3ccoc3)nc2c1. The number of aromatic nitrogens is 2. The number of rotatable bonds is 4. The third-order valence-corrected chi connectivity index (χ3v) is 4.87. The summed E-state index contributed by atoms with van der Waals surface area (Å²) in [6, 6.07) is 15.8. The van der Waals surface area contributed by atoms with E-state index in [1.165, 1.54) is 0 Å². The summed E-state index contributed by atoms with van der Waals surface area (Å²) >= 11 is 5.90. The second kappa shape index (κ2) is 7.50. The summed E-state index contributed by atoms with van der Waals surface area (Å²) in [5.74, 6) is -0.246. The lowest BCUT2D eigenvalue weighted by atomic mass is 10.1. The number of hydrogen-bond acceptors (Lipinski definition) is 5. The number of anilines is 1. The van der Waals surface area contributed by atoms with Crippen LogP contribution in [0.2, 0.25) is 5.02 Å². The van der Waals surface area contributed by atoms with Crippen LogP contribution in [0, 0.1) is 0 Å². The maximum atomic E-state index is 12.7. The zero-order valence-corrected chi connectivity index (χ0v) is 16.3. The quantitative estimate of drug-likeness (QED) is 0.386. The number of hydrogen-bond donors (Lipinski definition) is 1. The Hall–Kier alpha value is -3.90. The summed E-state index contributed by atoms with van der Waals surface area (Å²) in [4.78, 5) is 22.2. The highest BCUT2D eigenvalue weighted by molar-refractivity contribution is 6.30. The van der Waals surface area contributed by atoms with Crippen molar-refractivity contribution >= 4 is 34.2 Å². The molecule has 1 amide bonds. The van der Waals surface area contributed by atoms with Gasteiger partial charge in [0.25, 0.3) is 5.91 Å². The summed E-state index contributed by atoms with van der Waals surface area (Å²) < 4.78 is 10.4. The van der Waals surface area contributed by atoms with Gasteiger partial charge in [-0.15, -0.1) is 0 Å². The van der Waals surface area contributed by atoms with Gasteiger partial charge in [-0.3, -0.25) is 4.79 Å². The minimum Gasteiger partial charge on any atom is -0.472 e. The lowest BCUT2D eigenvalue weighted by molar-refractivity contribution is 0.102. The molecule has 7 heteroatoms. The van der Waals surface area contributed by atoms with Crippen LogP contribution < -0.4 is 5.32 Å². The third kappa shape index (κ3) is 3.44. The van der Waals surface area contributed by atoms with Crippen molar-refractivity contribution in [2.45, 2.75) is 0 Å². The number of nitrogens with zero attached hydrogens (tertiary/aromatic N) is 2. The molecular weight excluding hydrogens is 402 g/mol. The standard InChI is InChI=1S/C23H14ClN3O3/c24-17-2-4-18(5-3-17)25-23(28)14-1-6-19-20(11-14)27-22(16-8-10-30-13-16)21(26-19)15-7-9-29-12-15/h1-13H,(H,25,28). The largest absolute Gasteiger partial charge is 0.472 e. The number of carbonyl (C=O) groups is 1. The number of benzene rings is 2. The molecule has 0 unspecified atom stereocenters. The highest BCUT2D eigenvalue weighted by Crippen LogP contribution is 2.31. The molecule has 3 heterocycles. The van der Waals surface area contributed by atoms with Crippen LogP contribution in [-0.2, 0) is 0 Å². The molecule has 0 atom stereocenters. The van der Waals surface area contributed by atoms with E-state index in [0.717, 1.165) is 11.1 Å². The van der Waals surface area contributed by atoms with Gasteiger partial charge in [-0.2, -0.15) is 0 Å². The highest BCUT2D eigenvalue weighted by Gasteiger charge is 2.16. The summed E-state index contributed by atoms with van der Waals surface area (Å²) in [5, 5.41) is 3.46. The fraction of sp³-hybridized carbons (Fsp3) is 0. The zero-order valence-electron chi connectivity index (χ0n) is 15.5. The van der Waals surface area contributed by atoms with Crippen molar-refractivity contribution in [3.05, 3.63) is 90.2 Å². The van der Waals surface area contributed by atoms with Crippen molar-refractivity contribution in [3.8, 4) is 22.5 Å². The minimum absolute atomic E-state index is 0.246. The number of nitrogens with one attached hydrogen (secondary N) is 1. The molecule has 0 spiro atoms. The molecule has 1 N–H and O–H groups in total. The van der Waals surface area contributed by atoms with Gasteiger partial charge < -0.3 is 14.2 Å². The first-order valence-corrected chi connectivity index (χ1v) is 9.49. The van der Waals surface area contributed by atoms with Crippen molar-refractivity contribution in [1.82, 2.24) is 9.97 Å². The van der Waals surface area contributed by atoms with Crippen LogP contribution in [-0.4, -0.2) is 15.9 Å². The van der Waals surface area contributed by atoms with E-state index in [0.29, 0.717) is 38.7 Å². The molecular formula is C23H14ClN3O3. The van der Waals surface area contributed by atoms with E-state index in [1.54, 1.807) is 67.5 Å². The van der Waals surface area contributed by atoms with Gasteiger partial charge in [0.1, 0.15) is 11.4 Å². The first kappa shape index (κ1) is 18.1. The van der Waals surface area contributed by atoms with Gasteiger partial charge in [-0.25, -0.2) is 9.97 Å². The van der Waals surface area contributed by atoms with Crippen molar-refractivity contribution in [1.29, 1.82) is 0 Å².